The van der Waals surface area contributed by atoms with E-state index in [1.54, 1.807) is 13.2 Å². The number of hydrogen-bond acceptors (Lipinski definition) is 7. The number of aryl methyl sites for hydroxylation is 1. The molecule has 0 saturated heterocycles. The third-order valence-electron chi connectivity index (χ3n) is 4.50. The molecule has 0 aliphatic heterocycles. The molecule has 8 heteroatoms. The van der Waals surface area contributed by atoms with Crippen LogP contribution >= 0.6 is 0 Å². The fraction of sp³-hybridized carbons (Fsp3) is 0.318. The molecule has 3 rings (SSSR count). The first-order chi connectivity index (χ1) is 14.5. The van der Waals surface area contributed by atoms with E-state index in [2.05, 4.69) is 20.6 Å². The van der Waals surface area contributed by atoms with Gasteiger partial charge in [-0.3, -0.25) is 9.78 Å². The molecule has 2 heterocycles. The van der Waals surface area contributed by atoms with E-state index in [4.69, 9.17) is 9.15 Å². The summed E-state index contributed by atoms with van der Waals surface area (Å²) < 4.78 is 11.1. The Morgan fingerprint density at radius 3 is 2.73 bits per heavy atom. The van der Waals surface area contributed by atoms with E-state index in [9.17, 15) is 9.90 Å². The number of hydrogen-bond donors (Lipinski definition) is 3. The van der Waals surface area contributed by atoms with E-state index in [1.165, 1.54) is 6.26 Å². The minimum Gasteiger partial charge on any atom is -0.492 e. The first-order valence-electron chi connectivity index (χ1n) is 9.74. The Bertz CT molecular complexity index is 939. The molecule has 1 amide bonds. The third kappa shape index (κ3) is 6.13. The van der Waals surface area contributed by atoms with Gasteiger partial charge in [0, 0.05) is 43.2 Å². The Hall–Kier alpha value is -3.23. The van der Waals surface area contributed by atoms with Crippen molar-refractivity contribution in [2.45, 2.75) is 19.4 Å². The lowest BCUT2D eigenvalue weighted by molar-refractivity contribution is -0.120. The second-order valence-corrected chi connectivity index (χ2v) is 6.80. The summed E-state index contributed by atoms with van der Waals surface area (Å²) >= 11 is 0. The van der Waals surface area contributed by atoms with Crippen LogP contribution in [0.25, 0.3) is 11.3 Å². The van der Waals surface area contributed by atoms with Crippen LogP contribution in [0.4, 0.5) is 0 Å². The summed E-state index contributed by atoms with van der Waals surface area (Å²) in [6, 6.07) is 11.2. The lowest BCUT2D eigenvalue weighted by atomic mass is 10.1. The molecule has 1 atom stereocenters. The number of nitrogens with zero attached hydrogens (tertiary/aromatic N) is 2. The number of aromatic nitrogens is 2. The molecule has 0 bridgehead atoms. The molecule has 0 aliphatic rings. The molecule has 30 heavy (non-hydrogen) atoms. The number of rotatable bonds is 10. The summed E-state index contributed by atoms with van der Waals surface area (Å²) in [7, 11) is 1.57. The molecule has 1 unspecified atom stereocenters. The molecule has 158 valence electrons. The number of aliphatic hydroxyl groups excluding tert-OH is 1. The minimum atomic E-state index is -0.604. The predicted molar refractivity (Wildman–Crippen MR) is 112 cm³/mol. The molecule has 0 radical (unpaired) electrons. The fourth-order valence-corrected chi connectivity index (χ4v) is 2.75. The summed E-state index contributed by atoms with van der Waals surface area (Å²) in [6.07, 6.45) is 2.73. The summed E-state index contributed by atoms with van der Waals surface area (Å²) in [6.45, 7) is 3.41. The van der Waals surface area contributed by atoms with E-state index in [0.29, 0.717) is 31.3 Å². The van der Waals surface area contributed by atoms with Crippen LogP contribution in [-0.4, -0.2) is 47.7 Å². The summed E-state index contributed by atoms with van der Waals surface area (Å²) in [5.41, 5.74) is 3.26. The molecular formula is C22H26N4O4. The smallest absolute Gasteiger partial charge is 0.229 e. The first-order valence-corrected chi connectivity index (χ1v) is 9.74. The van der Waals surface area contributed by atoms with E-state index in [-0.39, 0.29) is 12.3 Å². The number of nitrogens with one attached hydrogen (secondary N) is 2. The number of oxazole rings is 1. The lowest BCUT2D eigenvalue weighted by Gasteiger charge is -2.12. The van der Waals surface area contributed by atoms with Gasteiger partial charge in [-0.15, -0.1) is 0 Å². The van der Waals surface area contributed by atoms with Crippen molar-refractivity contribution in [3.8, 4) is 17.0 Å². The van der Waals surface area contributed by atoms with Crippen LogP contribution in [0.3, 0.4) is 0 Å². The van der Waals surface area contributed by atoms with E-state index in [1.807, 2.05) is 43.3 Å². The summed E-state index contributed by atoms with van der Waals surface area (Å²) in [5.74, 6) is 0.959. The number of ether oxygens (including phenoxy) is 1. The minimum absolute atomic E-state index is 0.111. The van der Waals surface area contributed by atoms with Crippen LogP contribution in [0.5, 0.6) is 5.75 Å². The van der Waals surface area contributed by atoms with Crippen LogP contribution < -0.4 is 15.4 Å². The number of benzene rings is 1. The quantitative estimate of drug-likeness (QED) is 0.439. The molecule has 0 fully saturated rings. The Kier molecular flexibility index (Phi) is 7.53. The van der Waals surface area contributed by atoms with Gasteiger partial charge < -0.3 is 24.9 Å². The zero-order chi connectivity index (χ0) is 21.3. The maximum Gasteiger partial charge on any atom is 0.229 e. The molecule has 2 aromatic heterocycles. The highest BCUT2D eigenvalue weighted by molar-refractivity contribution is 5.77. The molecular weight excluding hydrogens is 384 g/mol. The standard InChI is InChI=1S/C22H26N4O4/c1-15-3-4-17(12-25-15)20(27)13-24-9-10-29-18-7-5-16(6-8-18)19-14-30-22(26-19)11-21(28)23-2/h3-8,12,14,20,24,27H,9-11,13H2,1-2H3,(H,23,28). The number of carbonyl (C=O) groups excluding carboxylic acids is 1. The molecule has 1 aromatic carbocycles. The maximum atomic E-state index is 11.4. The van der Waals surface area contributed by atoms with E-state index >= 15 is 0 Å². The molecule has 3 aromatic rings. The SMILES string of the molecule is CNC(=O)Cc1nc(-c2ccc(OCCNCC(O)c3ccc(C)nc3)cc2)co1. The van der Waals surface area contributed by atoms with Crippen LogP contribution in [0.15, 0.2) is 53.3 Å². The van der Waals surface area contributed by atoms with Gasteiger partial charge in [-0.1, -0.05) is 6.07 Å². The van der Waals surface area contributed by atoms with Gasteiger partial charge in [-0.25, -0.2) is 4.98 Å². The zero-order valence-electron chi connectivity index (χ0n) is 17.1. The summed E-state index contributed by atoms with van der Waals surface area (Å²) in [4.78, 5) is 19.9. The van der Waals surface area contributed by atoms with Gasteiger partial charge in [0.1, 0.15) is 30.7 Å². The predicted octanol–water partition coefficient (Wildman–Crippen LogP) is 2.04. The maximum absolute atomic E-state index is 11.4. The largest absolute Gasteiger partial charge is 0.492 e. The average Bonchev–Trinajstić information content (AvgIpc) is 3.22. The van der Waals surface area contributed by atoms with Gasteiger partial charge in [0.25, 0.3) is 0 Å². The van der Waals surface area contributed by atoms with E-state index in [0.717, 1.165) is 22.6 Å². The van der Waals surface area contributed by atoms with Gasteiger partial charge in [0.05, 0.1) is 6.10 Å². The third-order valence-corrected chi connectivity index (χ3v) is 4.50. The second kappa shape index (κ2) is 10.5. The first kappa shape index (κ1) is 21.5. The molecule has 0 spiro atoms. The topological polar surface area (TPSA) is 110 Å². The number of amides is 1. The molecule has 0 saturated carbocycles. The Morgan fingerprint density at radius 1 is 1.23 bits per heavy atom. The number of carbonyl (C=O) groups is 1. The highest BCUT2D eigenvalue weighted by atomic mass is 16.5. The van der Waals surface area contributed by atoms with Gasteiger partial charge in [0.15, 0.2) is 0 Å². The van der Waals surface area contributed by atoms with Crippen molar-refractivity contribution >= 4 is 5.91 Å². The van der Waals surface area contributed by atoms with Crippen molar-refractivity contribution in [1.29, 1.82) is 0 Å². The number of likely N-dealkylation sites (N-methyl/N-ethyl adjacent to an activating group) is 1. The molecule has 3 N–H and O–H groups in total. The van der Waals surface area contributed by atoms with Crippen molar-refractivity contribution in [2.75, 3.05) is 26.7 Å². The summed E-state index contributed by atoms with van der Waals surface area (Å²) in [5, 5.41) is 15.9. The zero-order valence-corrected chi connectivity index (χ0v) is 17.1. The van der Waals surface area contributed by atoms with Gasteiger partial charge in [-0.2, -0.15) is 0 Å². The molecule has 0 aliphatic carbocycles. The lowest BCUT2D eigenvalue weighted by Crippen LogP contribution is -2.26. The number of pyridine rings is 1. The normalized spacial score (nSPS) is 11.8. The fourth-order valence-electron chi connectivity index (χ4n) is 2.75. The molecule has 8 nitrogen and oxygen atoms in total. The average molecular weight is 410 g/mol. The number of aliphatic hydroxyl groups is 1. The Morgan fingerprint density at radius 2 is 2.03 bits per heavy atom. The van der Waals surface area contributed by atoms with Crippen LogP contribution in [-0.2, 0) is 11.2 Å². The van der Waals surface area contributed by atoms with Crippen molar-refractivity contribution in [2.24, 2.45) is 0 Å². The van der Waals surface area contributed by atoms with Crippen LogP contribution in [0.2, 0.25) is 0 Å². The van der Waals surface area contributed by atoms with Gasteiger partial charge >= 0.3 is 0 Å². The van der Waals surface area contributed by atoms with Crippen molar-refractivity contribution < 1.29 is 19.1 Å². The van der Waals surface area contributed by atoms with Crippen LogP contribution in [0.1, 0.15) is 23.3 Å². The van der Waals surface area contributed by atoms with Gasteiger partial charge in [0.2, 0.25) is 11.8 Å². The van der Waals surface area contributed by atoms with Crippen molar-refractivity contribution in [3.63, 3.8) is 0 Å². The Labute approximate surface area is 175 Å². The monoisotopic (exact) mass is 410 g/mol. The highest BCUT2D eigenvalue weighted by Gasteiger charge is 2.10. The second-order valence-electron chi connectivity index (χ2n) is 6.80. The van der Waals surface area contributed by atoms with Gasteiger partial charge in [-0.05, 0) is 37.3 Å². The van der Waals surface area contributed by atoms with E-state index < -0.39 is 6.10 Å². The van der Waals surface area contributed by atoms with Crippen molar-refractivity contribution in [3.05, 3.63) is 66.0 Å². The highest BCUT2D eigenvalue weighted by Crippen LogP contribution is 2.22. The Balaban J connectivity index is 1.40. The van der Waals surface area contributed by atoms with Crippen molar-refractivity contribution in [1.82, 2.24) is 20.6 Å². The van der Waals surface area contributed by atoms with Crippen LogP contribution in [0, 0.1) is 6.92 Å².